The highest BCUT2D eigenvalue weighted by atomic mass is 32.2. The third-order valence-electron chi connectivity index (χ3n) is 3.93. The first-order chi connectivity index (χ1) is 12.6. The van der Waals surface area contributed by atoms with E-state index in [1.54, 1.807) is 0 Å². The van der Waals surface area contributed by atoms with Crippen molar-refractivity contribution in [2.24, 2.45) is 11.1 Å². The maximum Gasteiger partial charge on any atom is 0.238 e. The molecule has 0 aliphatic heterocycles. The zero-order chi connectivity index (χ0) is 20.2. The molecule has 1 amide bonds. The highest BCUT2D eigenvalue weighted by Crippen LogP contribution is 2.26. The van der Waals surface area contributed by atoms with E-state index in [4.69, 9.17) is 5.14 Å². The molecule has 2 aromatic rings. The third-order valence-corrected chi connectivity index (χ3v) is 6.11. The molecule has 0 saturated carbocycles. The highest BCUT2D eigenvalue weighted by Gasteiger charge is 2.21. The summed E-state index contributed by atoms with van der Waals surface area (Å²) >= 11 is 1.39. The van der Waals surface area contributed by atoms with Crippen LogP contribution in [0.25, 0.3) is 0 Å². The Hall–Kier alpha value is -1.84. The molecule has 0 fully saturated rings. The SMILES string of the molecule is CC[C@@H](Sc1nc(CC(C)C)c(C)[nH]1)C(=O)Nc1ccc(S(N)(=O)=O)cc1. The van der Waals surface area contributed by atoms with Gasteiger partial charge in [0, 0.05) is 11.4 Å². The number of carbonyl (C=O) groups is 1. The minimum atomic E-state index is -3.75. The number of hydrogen-bond acceptors (Lipinski definition) is 5. The van der Waals surface area contributed by atoms with E-state index in [1.807, 2.05) is 13.8 Å². The lowest BCUT2D eigenvalue weighted by Gasteiger charge is -2.13. The number of imidazole rings is 1. The van der Waals surface area contributed by atoms with Gasteiger partial charge in [-0.05, 0) is 49.9 Å². The Morgan fingerprint density at radius 2 is 1.93 bits per heavy atom. The molecule has 0 saturated heterocycles. The minimum absolute atomic E-state index is 0.00524. The van der Waals surface area contributed by atoms with E-state index < -0.39 is 10.0 Å². The van der Waals surface area contributed by atoms with Crippen LogP contribution in [0.3, 0.4) is 0 Å². The zero-order valence-corrected chi connectivity index (χ0v) is 17.6. The van der Waals surface area contributed by atoms with Crippen LogP contribution in [0.2, 0.25) is 0 Å². The second-order valence-corrected chi connectivity index (χ2v) is 9.54. The van der Waals surface area contributed by atoms with Gasteiger partial charge in [-0.3, -0.25) is 4.79 Å². The summed E-state index contributed by atoms with van der Waals surface area (Å²) in [5, 5.41) is 8.30. The maximum absolute atomic E-state index is 12.6. The summed E-state index contributed by atoms with van der Waals surface area (Å²) in [4.78, 5) is 20.4. The standard InChI is InChI=1S/C18H26N4O3S2/c1-5-16(26-18-20-12(4)15(22-18)10-11(2)3)17(23)21-13-6-8-14(9-7-13)27(19,24)25/h6-9,11,16H,5,10H2,1-4H3,(H,20,22)(H,21,23)(H2,19,24,25)/t16-/m1/s1. The highest BCUT2D eigenvalue weighted by molar-refractivity contribution is 8.00. The van der Waals surface area contributed by atoms with Crippen LogP contribution in [0.15, 0.2) is 34.3 Å². The number of aryl methyl sites for hydroxylation is 1. The predicted molar refractivity (Wildman–Crippen MR) is 108 cm³/mol. The number of sulfonamides is 1. The van der Waals surface area contributed by atoms with Gasteiger partial charge in [0.25, 0.3) is 0 Å². The molecule has 27 heavy (non-hydrogen) atoms. The number of hydrogen-bond donors (Lipinski definition) is 3. The molecular formula is C18H26N4O3S2. The van der Waals surface area contributed by atoms with E-state index in [-0.39, 0.29) is 16.1 Å². The lowest BCUT2D eigenvalue weighted by atomic mass is 10.1. The molecule has 1 aromatic carbocycles. The topological polar surface area (TPSA) is 118 Å². The first kappa shape index (κ1) is 21.5. The van der Waals surface area contributed by atoms with Crippen LogP contribution in [0, 0.1) is 12.8 Å². The molecule has 1 heterocycles. The van der Waals surface area contributed by atoms with Crippen LogP contribution in [0.1, 0.15) is 38.6 Å². The molecule has 0 aliphatic rings. The molecule has 148 valence electrons. The first-order valence-electron chi connectivity index (χ1n) is 8.76. The summed E-state index contributed by atoms with van der Waals surface area (Å²) < 4.78 is 22.6. The van der Waals surface area contributed by atoms with Gasteiger partial charge in [0.2, 0.25) is 15.9 Å². The Bertz CT molecular complexity index is 890. The van der Waals surface area contributed by atoms with E-state index in [0.29, 0.717) is 18.0 Å². The van der Waals surface area contributed by atoms with Gasteiger partial charge >= 0.3 is 0 Å². The molecule has 0 radical (unpaired) electrons. The number of nitrogens with zero attached hydrogens (tertiary/aromatic N) is 1. The van der Waals surface area contributed by atoms with Gasteiger partial charge in [-0.2, -0.15) is 0 Å². The fourth-order valence-corrected chi connectivity index (χ4v) is 4.01. The normalized spacial score (nSPS) is 13.0. The summed E-state index contributed by atoms with van der Waals surface area (Å²) in [5.74, 6) is 0.348. The lowest BCUT2D eigenvalue weighted by molar-refractivity contribution is -0.115. The summed E-state index contributed by atoms with van der Waals surface area (Å²) in [6.45, 7) is 8.21. The Kier molecular flexibility index (Phi) is 7.07. The van der Waals surface area contributed by atoms with Crippen molar-refractivity contribution in [1.82, 2.24) is 9.97 Å². The van der Waals surface area contributed by atoms with E-state index in [1.165, 1.54) is 36.0 Å². The Morgan fingerprint density at radius 3 is 2.44 bits per heavy atom. The average molecular weight is 411 g/mol. The zero-order valence-electron chi connectivity index (χ0n) is 15.9. The van der Waals surface area contributed by atoms with Gasteiger partial charge in [0.15, 0.2) is 5.16 Å². The molecule has 0 spiro atoms. The summed E-state index contributed by atoms with van der Waals surface area (Å²) in [5.41, 5.74) is 2.57. The van der Waals surface area contributed by atoms with Crippen LogP contribution in [0.4, 0.5) is 5.69 Å². The van der Waals surface area contributed by atoms with Crippen molar-refractivity contribution in [3.63, 3.8) is 0 Å². The number of nitrogens with one attached hydrogen (secondary N) is 2. The monoisotopic (exact) mass is 410 g/mol. The quantitative estimate of drug-likeness (QED) is 0.578. The minimum Gasteiger partial charge on any atom is -0.337 e. The van der Waals surface area contributed by atoms with Crippen LogP contribution in [0.5, 0.6) is 0 Å². The van der Waals surface area contributed by atoms with Gasteiger partial charge < -0.3 is 10.3 Å². The number of primary sulfonamides is 1. The number of anilines is 1. The molecule has 1 atom stereocenters. The number of carbonyl (C=O) groups excluding carboxylic acids is 1. The van der Waals surface area contributed by atoms with Crippen molar-refractivity contribution in [3.05, 3.63) is 35.7 Å². The van der Waals surface area contributed by atoms with Crippen LogP contribution < -0.4 is 10.5 Å². The molecule has 7 nitrogen and oxygen atoms in total. The average Bonchev–Trinajstić information content (AvgIpc) is 2.91. The van der Waals surface area contributed by atoms with E-state index in [9.17, 15) is 13.2 Å². The number of benzene rings is 1. The first-order valence-corrected chi connectivity index (χ1v) is 11.2. The maximum atomic E-state index is 12.6. The Morgan fingerprint density at radius 1 is 1.30 bits per heavy atom. The fourth-order valence-electron chi connectivity index (χ4n) is 2.52. The van der Waals surface area contributed by atoms with Gasteiger partial charge in [0.05, 0.1) is 15.8 Å². The molecule has 2 rings (SSSR count). The number of H-pyrrole nitrogens is 1. The van der Waals surface area contributed by atoms with E-state index in [0.717, 1.165) is 23.0 Å². The van der Waals surface area contributed by atoms with Gasteiger partial charge in [0.1, 0.15) is 0 Å². The fraction of sp³-hybridized carbons (Fsp3) is 0.444. The molecule has 4 N–H and O–H groups in total. The van der Waals surface area contributed by atoms with Crippen LogP contribution in [-0.4, -0.2) is 29.5 Å². The van der Waals surface area contributed by atoms with E-state index in [2.05, 4.69) is 29.1 Å². The number of nitrogens with two attached hydrogens (primary N) is 1. The molecule has 0 unspecified atom stereocenters. The predicted octanol–water partition coefficient (Wildman–Crippen LogP) is 3.07. The summed E-state index contributed by atoms with van der Waals surface area (Å²) in [6, 6.07) is 5.78. The largest absolute Gasteiger partial charge is 0.337 e. The van der Waals surface area contributed by atoms with E-state index >= 15 is 0 Å². The van der Waals surface area contributed by atoms with Crippen molar-refractivity contribution in [2.45, 2.75) is 55.8 Å². The number of aromatic nitrogens is 2. The van der Waals surface area contributed by atoms with Gasteiger partial charge in [-0.25, -0.2) is 18.5 Å². The van der Waals surface area contributed by atoms with Crippen molar-refractivity contribution < 1.29 is 13.2 Å². The molecule has 0 aliphatic carbocycles. The van der Waals surface area contributed by atoms with Crippen molar-refractivity contribution in [2.75, 3.05) is 5.32 Å². The van der Waals surface area contributed by atoms with Crippen LogP contribution in [-0.2, 0) is 21.2 Å². The second kappa shape index (κ2) is 8.90. The smallest absolute Gasteiger partial charge is 0.238 e. The van der Waals surface area contributed by atoms with Crippen molar-refractivity contribution >= 4 is 33.4 Å². The number of rotatable bonds is 8. The number of amides is 1. The third kappa shape index (κ3) is 6.08. The molecule has 1 aromatic heterocycles. The Labute approximate surface area is 164 Å². The summed E-state index contributed by atoms with van der Waals surface area (Å²) in [7, 11) is -3.75. The van der Waals surface area contributed by atoms with Crippen molar-refractivity contribution in [1.29, 1.82) is 0 Å². The van der Waals surface area contributed by atoms with Gasteiger partial charge in [-0.15, -0.1) is 0 Å². The summed E-state index contributed by atoms with van der Waals surface area (Å²) in [6.07, 6.45) is 1.52. The lowest BCUT2D eigenvalue weighted by Crippen LogP contribution is -2.24. The second-order valence-electron chi connectivity index (χ2n) is 6.78. The molecule has 0 bridgehead atoms. The molecular weight excluding hydrogens is 384 g/mol. The Balaban J connectivity index is 2.05. The number of aromatic amines is 1. The van der Waals surface area contributed by atoms with Crippen molar-refractivity contribution in [3.8, 4) is 0 Å². The van der Waals surface area contributed by atoms with Gasteiger partial charge in [-0.1, -0.05) is 32.5 Å². The van der Waals surface area contributed by atoms with Crippen LogP contribution >= 0.6 is 11.8 Å². The molecule has 9 heteroatoms. The number of thioether (sulfide) groups is 1.